The summed E-state index contributed by atoms with van der Waals surface area (Å²) in [6.45, 7) is 7.39. The third-order valence-corrected chi connectivity index (χ3v) is 5.85. The van der Waals surface area contributed by atoms with E-state index in [1.54, 1.807) is 17.4 Å². The number of thiazole rings is 1. The Hall–Kier alpha value is -1.81. The van der Waals surface area contributed by atoms with E-state index >= 15 is 4.39 Å². The standard InChI is InChI=1S/C19H27FN6OS/c1-13-10-22-19(28-13)25-16-9-14(12-26-5-7-27-8-6-26)17(20)18(24-16)23-15-3-2-4-21-11-15/h9-10,15,21H,2-8,11-12H2,1H3,(H2,22,23,24,25)/t15-/m0/s1. The number of hydrogen-bond donors (Lipinski definition) is 3. The number of pyridine rings is 1. The van der Waals surface area contributed by atoms with Crippen LogP contribution in [0.1, 0.15) is 23.3 Å². The van der Waals surface area contributed by atoms with Gasteiger partial charge in [-0.15, -0.1) is 11.3 Å². The van der Waals surface area contributed by atoms with E-state index in [1.807, 2.05) is 13.1 Å². The largest absolute Gasteiger partial charge is 0.379 e. The van der Waals surface area contributed by atoms with Gasteiger partial charge in [0.05, 0.1) is 13.2 Å². The third kappa shape index (κ3) is 4.96. The molecule has 3 N–H and O–H groups in total. The van der Waals surface area contributed by atoms with Crippen molar-refractivity contribution in [3.05, 3.63) is 28.5 Å². The quantitative estimate of drug-likeness (QED) is 0.681. The van der Waals surface area contributed by atoms with Crippen LogP contribution < -0.4 is 16.0 Å². The first-order chi connectivity index (χ1) is 13.7. The first-order valence-electron chi connectivity index (χ1n) is 9.83. The Balaban J connectivity index is 1.58. The number of aromatic nitrogens is 2. The van der Waals surface area contributed by atoms with Gasteiger partial charge in [-0.3, -0.25) is 4.90 Å². The van der Waals surface area contributed by atoms with E-state index in [0.29, 0.717) is 37.0 Å². The van der Waals surface area contributed by atoms with E-state index in [4.69, 9.17) is 4.74 Å². The van der Waals surface area contributed by atoms with Gasteiger partial charge >= 0.3 is 0 Å². The normalized spacial score (nSPS) is 20.9. The molecule has 152 valence electrons. The van der Waals surface area contributed by atoms with Gasteiger partial charge in [0.2, 0.25) is 0 Å². The molecule has 0 amide bonds. The van der Waals surface area contributed by atoms with Crippen molar-refractivity contribution in [1.82, 2.24) is 20.2 Å². The van der Waals surface area contributed by atoms with E-state index < -0.39 is 0 Å². The summed E-state index contributed by atoms with van der Waals surface area (Å²) in [4.78, 5) is 12.2. The van der Waals surface area contributed by atoms with Crippen LogP contribution >= 0.6 is 11.3 Å². The van der Waals surface area contributed by atoms with Crippen molar-refractivity contribution in [3.8, 4) is 0 Å². The van der Waals surface area contributed by atoms with Crippen molar-refractivity contribution >= 4 is 28.1 Å². The molecule has 4 rings (SSSR count). The lowest BCUT2D eigenvalue weighted by atomic mass is 10.1. The predicted octanol–water partition coefficient (Wildman–Crippen LogP) is 2.73. The molecule has 4 heterocycles. The maximum absolute atomic E-state index is 15.3. The molecular formula is C19H27FN6OS. The third-order valence-electron chi connectivity index (χ3n) is 5.02. The molecule has 7 nitrogen and oxygen atoms in total. The fourth-order valence-corrected chi connectivity index (χ4v) is 4.22. The Labute approximate surface area is 168 Å². The van der Waals surface area contributed by atoms with E-state index in [0.717, 1.165) is 49.0 Å². The zero-order chi connectivity index (χ0) is 19.3. The van der Waals surface area contributed by atoms with Gasteiger partial charge in [-0.05, 0) is 32.4 Å². The number of nitrogens with zero attached hydrogens (tertiary/aromatic N) is 3. The molecule has 0 unspecified atom stereocenters. The van der Waals surface area contributed by atoms with Crippen LogP contribution in [0.2, 0.25) is 0 Å². The van der Waals surface area contributed by atoms with Gasteiger partial charge in [-0.2, -0.15) is 0 Å². The van der Waals surface area contributed by atoms with Crippen LogP contribution in [0.15, 0.2) is 12.3 Å². The van der Waals surface area contributed by atoms with Crippen LogP contribution in [-0.4, -0.2) is 60.3 Å². The van der Waals surface area contributed by atoms with E-state index in [-0.39, 0.29) is 11.9 Å². The van der Waals surface area contributed by atoms with Gasteiger partial charge in [-0.25, -0.2) is 14.4 Å². The minimum Gasteiger partial charge on any atom is -0.379 e. The van der Waals surface area contributed by atoms with Crippen molar-refractivity contribution in [2.24, 2.45) is 0 Å². The number of anilines is 3. The predicted molar refractivity (Wildman–Crippen MR) is 110 cm³/mol. The summed E-state index contributed by atoms with van der Waals surface area (Å²) in [7, 11) is 0. The Morgan fingerprint density at radius 2 is 2.25 bits per heavy atom. The smallest absolute Gasteiger partial charge is 0.188 e. The highest BCUT2D eigenvalue weighted by atomic mass is 32.1. The van der Waals surface area contributed by atoms with Crippen LogP contribution in [0, 0.1) is 12.7 Å². The van der Waals surface area contributed by atoms with E-state index in [2.05, 4.69) is 30.8 Å². The SMILES string of the molecule is Cc1cnc(Nc2cc(CN3CCOCC3)c(F)c(N[C@H]3CCCNC3)n2)s1. The van der Waals surface area contributed by atoms with Gasteiger partial charge in [0.25, 0.3) is 0 Å². The number of piperidine rings is 1. The molecule has 2 aliphatic rings. The maximum Gasteiger partial charge on any atom is 0.188 e. The van der Waals surface area contributed by atoms with Gasteiger partial charge < -0.3 is 20.7 Å². The van der Waals surface area contributed by atoms with E-state index in [1.165, 1.54) is 0 Å². The Morgan fingerprint density at radius 1 is 1.39 bits per heavy atom. The fraction of sp³-hybridized carbons (Fsp3) is 0.579. The highest BCUT2D eigenvalue weighted by molar-refractivity contribution is 7.15. The molecule has 0 saturated carbocycles. The molecule has 0 bridgehead atoms. The first kappa shape index (κ1) is 19.5. The zero-order valence-corrected chi connectivity index (χ0v) is 16.9. The van der Waals surface area contributed by atoms with Crippen molar-refractivity contribution in [2.45, 2.75) is 32.4 Å². The monoisotopic (exact) mass is 406 g/mol. The summed E-state index contributed by atoms with van der Waals surface area (Å²) < 4.78 is 20.7. The molecule has 0 radical (unpaired) electrons. The summed E-state index contributed by atoms with van der Waals surface area (Å²) in [5, 5.41) is 10.7. The maximum atomic E-state index is 15.3. The molecule has 9 heteroatoms. The second kappa shape index (κ2) is 9.13. The Morgan fingerprint density at radius 3 is 2.96 bits per heavy atom. The fourth-order valence-electron chi connectivity index (χ4n) is 3.55. The summed E-state index contributed by atoms with van der Waals surface area (Å²) in [6.07, 6.45) is 3.91. The molecule has 0 spiro atoms. The summed E-state index contributed by atoms with van der Waals surface area (Å²) in [6, 6.07) is 1.98. The molecule has 2 fully saturated rings. The van der Waals surface area contributed by atoms with Crippen LogP contribution in [0.3, 0.4) is 0 Å². The number of hydrogen-bond acceptors (Lipinski definition) is 8. The summed E-state index contributed by atoms with van der Waals surface area (Å²) in [5.74, 6) is 0.665. The molecule has 28 heavy (non-hydrogen) atoms. The molecule has 2 aromatic rings. The minimum atomic E-state index is -0.266. The van der Waals surface area contributed by atoms with Gasteiger partial charge in [-0.1, -0.05) is 0 Å². The van der Waals surface area contributed by atoms with Crippen molar-refractivity contribution in [2.75, 3.05) is 50.0 Å². The number of aryl methyl sites for hydroxylation is 1. The molecule has 0 aliphatic carbocycles. The number of ether oxygens (including phenoxy) is 1. The number of rotatable bonds is 6. The van der Waals surface area contributed by atoms with Crippen molar-refractivity contribution < 1.29 is 9.13 Å². The number of morpholine rings is 1. The minimum absolute atomic E-state index is 0.185. The van der Waals surface area contributed by atoms with Crippen LogP contribution in [-0.2, 0) is 11.3 Å². The summed E-state index contributed by atoms with van der Waals surface area (Å²) in [5.41, 5.74) is 0.638. The van der Waals surface area contributed by atoms with Gasteiger partial charge in [0, 0.05) is 48.9 Å². The van der Waals surface area contributed by atoms with Crippen LogP contribution in [0.4, 0.5) is 21.2 Å². The molecule has 0 aromatic carbocycles. The second-order valence-corrected chi connectivity index (χ2v) is 8.54. The topological polar surface area (TPSA) is 74.3 Å². The lowest BCUT2D eigenvalue weighted by Gasteiger charge is -2.28. The average Bonchev–Trinajstić information content (AvgIpc) is 3.11. The van der Waals surface area contributed by atoms with Crippen LogP contribution in [0.5, 0.6) is 0 Å². The highest BCUT2D eigenvalue weighted by Gasteiger charge is 2.21. The van der Waals surface area contributed by atoms with Crippen LogP contribution in [0.25, 0.3) is 0 Å². The molecule has 2 aromatic heterocycles. The van der Waals surface area contributed by atoms with Crippen molar-refractivity contribution in [1.29, 1.82) is 0 Å². The number of nitrogens with one attached hydrogen (secondary N) is 3. The lowest BCUT2D eigenvalue weighted by molar-refractivity contribution is 0.0337. The first-order valence-corrected chi connectivity index (χ1v) is 10.7. The molecule has 1 atom stereocenters. The molecule has 2 aliphatic heterocycles. The van der Waals surface area contributed by atoms with E-state index in [9.17, 15) is 0 Å². The average molecular weight is 407 g/mol. The number of halogens is 1. The molecular weight excluding hydrogens is 379 g/mol. The van der Waals surface area contributed by atoms with Crippen molar-refractivity contribution in [3.63, 3.8) is 0 Å². The van der Waals surface area contributed by atoms with Gasteiger partial charge in [0.15, 0.2) is 16.8 Å². The van der Waals surface area contributed by atoms with Gasteiger partial charge in [0.1, 0.15) is 5.82 Å². The summed E-state index contributed by atoms with van der Waals surface area (Å²) >= 11 is 1.56. The zero-order valence-electron chi connectivity index (χ0n) is 16.1. The lowest BCUT2D eigenvalue weighted by Crippen LogP contribution is -2.39. The second-order valence-electron chi connectivity index (χ2n) is 7.31. The Kier molecular flexibility index (Phi) is 6.36. The molecule has 2 saturated heterocycles. The Bertz CT molecular complexity index is 747. The highest BCUT2D eigenvalue weighted by Crippen LogP contribution is 2.27.